The molecule has 1 N–H and O–H groups in total. The van der Waals surface area contributed by atoms with E-state index in [1.54, 1.807) is 32.4 Å². The molecule has 2 heterocycles. The van der Waals surface area contributed by atoms with Gasteiger partial charge < -0.3 is 14.7 Å². The molecule has 0 saturated heterocycles. The van der Waals surface area contributed by atoms with Crippen LogP contribution in [0.1, 0.15) is 16.3 Å². The molecule has 2 aromatic heterocycles. The number of carbonyl (C=O) groups is 1. The van der Waals surface area contributed by atoms with E-state index in [0.717, 1.165) is 5.69 Å². The minimum atomic E-state index is -0.141. The van der Waals surface area contributed by atoms with Gasteiger partial charge in [-0.2, -0.15) is 4.98 Å². The van der Waals surface area contributed by atoms with Gasteiger partial charge in [-0.25, -0.2) is 0 Å². The number of aromatic nitrogens is 3. The van der Waals surface area contributed by atoms with Crippen LogP contribution >= 0.6 is 0 Å². The van der Waals surface area contributed by atoms with Crippen LogP contribution in [0.5, 0.6) is 0 Å². The van der Waals surface area contributed by atoms with Crippen LogP contribution in [0.15, 0.2) is 29.2 Å². The van der Waals surface area contributed by atoms with Gasteiger partial charge >= 0.3 is 0 Å². The van der Waals surface area contributed by atoms with Crippen molar-refractivity contribution in [2.75, 3.05) is 19.4 Å². The van der Waals surface area contributed by atoms with Crippen LogP contribution in [0.2, 0.25) is 0 Å². The topological polar surface area (TPSA) is 84.2 Å². The first kappa shape index (κ1) is 12.0. The maximum atomic E-state index is 11.7. The molecule has 0 saturated carbocycles. The Balaban J connectivity index is 2.05. The summed E-state index contributed by atoms with van der Waals surface area (Å²) in [5.74, 6) is 0.408. The molecule has 2 rings (SSSR count). The van der Waals surface area contributed by atoms with Gasteiger partial charge in [-0.1, -0.05) is 5.16 Å². The zero-order valence-electron chi connectivity index (χ0n) is 10.1. The summed E-state index contributed by atoms with van der Waals surface area (Å²) in [5.41, 5.74) is 1.16. The fraction of sp³-hybridized carbons (Fsp3) is 0.273. The standard InChI is InChI=1S/C11H13N5O2/c1-16(2)11(17)9-5-8(3-4-12-9)13-6-10-14-7-18-15-10/h3-5,7H,6H2,1-2H3,(H,12,13). The Morgan fingerprint density at radius 2 is 2.28 bits per heavy atom. The Morgan fingerprint density at radius 3 is 2.94 bits per heavy atom. The molecule has 0 spiro atoms. The molecule has 0 aliphatic rings. The van der Waals surface area contributed by atoms with Crippen molar-refractivity contribution < 1.29 is 9.32 Å². The summed E-state index contributed by atoms with van der Waals surface area (Å²) in [7, 11) is 3.37. The summed E-state index contributed by atoms with van der Waals surface area (Å²) in [4.78, 5) is 21.1. The van der Waals surface area contributed by atoms with Crippen LogP contribution in [0.4, 0.5) is 5.69 Å². The number of anilines is 1. The van der Waals surface area contributed by atoms with E-state index in [2.05, 4.69) is 25.0 Å². The highest BCUT2D eigenvalue weighted by Gasteiger charge is 2.09. The smallest absolute Gasteiger partial charge is 0.272 e. The van der Waals surface area contributed by atoms with Crippen LogP contribution < -0.4 is 5.32 Å². The van der Waals surface area contributed by atoms with E-state index in [4.69, 9.17) is 0 Å². The predicted octanol–water partition coefficient (Wildman–Crippen LogP) is 0.778. The number of nitrogens with one attached hydrogen (secondary N) is 1. The number of hydrogen-bond acceptors (Lipinski definition) is 6. The van der Waals surface area contributed by atoms with Crippen molar-refractivity contribution in [3.05, 3.63) is 36.2 Å². The highest BCUT2D eigenvalue weighted by Crippen LogP contribution is 2.10. The molecule has 0 bridgehead atoms. The molecule has 0 aromatic carbocycles. The fourth-order valence-corrected chi connectivity index (χ4v) is 1.34. The molecule has 0 aliphatic carbocycles. The van der Waals surface area contributed by atoms with Gasteiger partial charge in [-0.05, 0) is 12.1 Å². The van der Waals surface area contributed by atoms with Crippen molar-refractivity contribution in [2.45, 2.75) is 6.54 Å². The number of rotatable bonds is 4. The molecule has 94 valence electrons. The Hall–Kier alpha value is -2.44. The van der Waals surface area contributed by atoms with Gasteiger partial charge in [-0.3, -0.25) is 9.78 Å². The molecule has 0 atom stereocenters. The van der Waals surface area contributed by atoms with Gasteiger partial charge in [0.25, 0.3) is 5.91 Å². The number of nitrogens with zero attached hydrogens (tertiary/aromatic N) is 4. The summed E-state index contributed by atoms with van der Waals surface area (Å²) < 4.78 is 4.62. The molecule has 0 aliphatic heterocycles. The third-order valence-electron chi connectivity index (χ3n) is 2.24. The minimum Gasteiger partial charge on any atom is -0.377 e. The molecule has 2 aromatic rings. The monoisotopic (exact) mass is 247 g/mol. The summed E-state index contributed by atoms with van der Waals surface area (Å²) in [5, 5.41) is 6.76. The zero-order chi connectivity index (χ0) is 13.0. The molecule has 1 amide bonds. The third kappa shape index (κ3) is 2.82. The van der Waals surface area contributed by atoms with Crippen LogP contribution in [0.3, 0.4) is 0 Å². The van der Waals surface area contributed by atoms with E-state index in [0.29, 0.717) is 18.1 Å². The third-order valence-corrected chi connectivity index (χ3v) is 2.24. The van der Waals surface area contributed by atoms with E-state index in [1.165, 1.54) is 11.3 Å². The van der Waals surface area contributed by atoms with Gasteiger partial charge in [0.1, 0.15) is 5.69 Å². The Labute approximate surface area is 104 Å². The SMILES string of the molecule is CN(C)C(=O)c1cc(NCc2ncon2)ccn1. The normalized spacial score (nSPS) is 10.1. The average Bonchev–Trinajstić information content (AvgIpc) is 2.89. The first-order valence-corrected chi connectivity index (χ1v) is 5.33. The second kappa shape index (κ2) is 5.26. The minimum absolute atomic E-state index is 0.141. The van der Waals surface area contributed by atoms with Crippen molar-refractivity contribution in [2.24, 2.45) is 0 Å². The first-order valence-electron chi connectivity index (χ1n) is 5.33. The van der Waals surface area contributed by atoms with Gasteiger partial charge in [0, 0.05) is 26.0 Å². The lowest BCUT2D eigenvalue weighted by Gasteiger charge is -2.10. The van der Waals surface area contributed by atoms with Crippen LogP contribution in [-0.4, -0.2) is 40.0 Å². The lowest BCUT2D eigenvalue weighted by Crippen LogP contribution is -2.22. The number of amides is 1. The summed E-state index contributed by atoms with van der Waals surface area (Å²) in [6.45, 7) is 0.427. The van der Waals surface area contributed by atoms with E-state index in [9.17, 15) is 4.79 Å². The fourth-order valence-electron chi connectivity index (χ4n) is 1.34. The number of carbonyl (C=O) groups excluding carboxylic acids is 1. The Bertz CT molecular complexity index is 524. The number of pyridine rings is 1. The van der Waals surface area contributed by atoms with Gasteiger partial charge in [0.15, 0.2) is 5.82 Å². The lowest BCUT2D eigenvalue weighted by atomic mass is 10.3. The zero-order valence-corrected chi connectivity index (χ0v) is 10.1. The lowest BCUT2D eigenvalue weighted by molar-refractivity contribution is 0.0822. The summed E-state index contributed by atoms with van der Waals surface area (Å²) in [6.07, 6.45) is 2.85. The average molecular weight is 247 g/mol. The van der Waals surface area contributed by atoms with E-state index < -0.39 is 0 Å². The molecule has 7 nitrogen and oxygen atoms in total. The highest BCUT2D eigenvalue weighted by molar-refractivity contribution is 5.92. The van der Waals surface area contributed by atoms with Crippen molar-refractivity contribution in [3.8, 4) is 0 Å². The van der Waals surface area contributed by atoms with E-state index >= 15 is 0 Å². The highest BCUT2D eigenvalue weighted by atomic mass is 16.5. The Morgan fingerprint density at radius 1 is 1.44 bits per heavy atom. The molecule has 0 unspecified atom stereocenters. The van der Waals surface area contributed by atoms with Crippen LogP contribution in [-0.2, 0) is 6.54 Å². The predicted molar refractivity (Wildman–Crippen MR) is 63.9 cm³/mol. The first-order chi connectivity index (χ1) is 8.66. The quantitative estimate of drug-likeness (QED) is 0.859. The molecular formula is C11H13N5O2. The van der Waals surface area contributed by atoms with Crippen molar-refractivity contribution in [3.63, 3.8) is 0 Å². The summed E-state index contributed by atoms with van der Waals surface area (Å²) in [6, 6.07) is 3.45. The molecule has 0 fully saturated rings. The van der Waals surface area contributed by atoms with Crippen molar-refractivity contribution >= 4 is 11.6 Å². The Kier molecular flexibility index (Phi) is 3.52. The largest absolute Gasteiger partial charge is 0.377 e. The van der Waals surface area contributed by atoms with Crippen molar-refractivity contribution in [1.29, 1.82) is 0 Å². The van der Waals surface area contributed by atoms with E-state index in [-0.39, 0.29) is 5.91 Å². The maximum absolute atomic E-state index is 11.7. The van der Waals surface area contributed by atoms with Gasteiger partial charge in [0.05, 0.1) is 6.54 Å². The van der Waals surface area contributed by atoms with Crippen LogP contribution in [0.25, 0.3) is 0 Å². The molecule has 0 radical (unpaired) electrons. The van der Waals surface area contributed by atoms with Gasteiger partial charge in [0.2, 0.25) is 6.39 Å². The van der Waals surface area contributed by atoms with Crippen molar-refractivity contribution in [1.82, 2.24) is 20.0 Å². The number of hydrogen-bond donors (Lipinski definition) is 1. The van der Waals surface area contributed by atoms with Gasteiger partial charge in [-0.15, -0.1) is 0 Å². The molecular weight excluding hydrogens is 234 g/mol. The second-order valence-corrected chi connectivity index (χ2v) is 3.83. The van der Waals surface area contributed by atoms with Crippen LogP contribution in [0, 0.1) is 0 Å². The second-order valence-electron chi connectivity index (χ2n) is 3.83. The maximum Gasteiger partial charge on any atom is 0.272 e. The molecule has 18 heavy (non-hydrogen) atoms. The molecule has 7 heteroatoms. The van der Waals surface area contributed by atoms with E-state index in [1.807, 2.05) is 0 Å². The summed E-state index contributed by atoms with van der Waals surface area (Å²) >= 11 is 0.